The molecule has 0 aromatic carbocycles. The second kappa shape index (κ2) is 25.1. The van der Waals surface area contributed by atoms with Crippen LogP contribution in [-0.4, -0.2) is 85.3 Å². The fraction of sp³-hybridized carbons (Fsp3) is 1.00. The quantitative estimate of drug-likeness (QED) is 0.0855. The molecule has 196 valence electrons. The molecule has 0 aliphatic rings. The molecule has 0 saturated carbocycles. The van der Waals surface area contributed by atoms with Gasteiger partial charge >= 0.3 is 48.9 Å². The maximum atomic E-state index is 11.0. The van der Waals surface area contributed by atoms with Gasteiger partial charge in [-0.15, -0.1) is 0 Å². The van der Waals surface area contributed by atoms with E-state index in [1.165, 1.54) is 25.7 Å². The van der Waals surface area contributed by atoms with Crippen molar-refractivity contribution in [1.82, 2.24) is 0 Å². The van der Waals surface area contributed by atoms with Crippen LogP contribution in [0, 0.1) is 0 Å². The molecule has 0 rings (SSSR count). The van der Waals surface area contributed by atoms with Gasteiger partial charge in [0.15, 0.2) is 0 Å². The normalized spacial score (nSPS) is 13.5. The second-order valence-electron chi connectivity index (χ2n) is 8.92. The molecule has 0 bridgehead atoms. The fourth-order valence-electron chi connectivity index (χ4n) is 3.68. The molecular weight excluding hydrogens is 586 g/mol. The van der Waals surface area contributed by atoms with E-state index < -0.39 is 30.7 Å². The van der Waals surface area contributed by atoms with Gasteiger partial charge in [-0.1, -0.05) is 118 Å². The zero-order valence-electron chi connectivity index (χ0n) is 21.9. The van der Waals surface area contributed by atoms with Crippen molar-refractivity contribution in [2.75, 3.05) is 0 Å². The zero-order valence-corrected chi connectivity index (χ0v) is 27.9. The number of rotatable bonds is 20. The molecule has 0 aromatic rings. The molecule has 0 heterocycles. The Labute approximate surface area is 246 Å². The predicted molar refractivity (Wildman–Crippen MR) is 139 cm³/mol. The predicted octanol–water partition coefficient (Wildman–Crippen LogP) is 6.52. The van der Waals surface area contributed by atoms with Crippen molar-refractivity contribution in [3.63, 3.8) is 0 Å². The monoisotopic (exact) mass is 636 g/mol. The standard InChI is InChI=1S/2C12H26O3S.Ba/c2*1-3-5-7-8-9-11-12(10-6-4-2)16(13,14)15;/h2*12H,3-11H2,1-2H3,(H,13,14,15);/q;;+2/p-2. The van der Waals surface area contributed by atoms with E-state index in [0.717, 1.165) is 64.2 Å². The van der Waals surface area contributed by atoms with Crippen molar-refractivity contribution in [2.24, 2.45) is 0 Å². The van der Waals surface area contributed by atoms with Crippen LogP contribution in [0.5, 0.6) is 0 Å². The average molecular weight is 636 g/mol. The number of unbranched alkanes of at least 4 members (excludes halogenated alkanes) is 10. The Balaban J connectivity index is -0.000000529. The number of hydrogen-bond donors (Lipinski definition) is 0. The minimum Gasteiger partial charge on any atom is -0.748 e. The molecule has 0 N–H and O–H groups in total. The maximum Gasteiger partial charge on any atom is 2.00 e. The van der Waals surface area contributed by atoms with Crippen molar-refractivity contribution >= 4 is 69.1 Å². The Kier molecular flexibility index (Phi) is 29.5. The van der Waals surface area contributed by atoms with Crippen LogP contribution >= 0.6 is 0 Å². The molecule has 0 amide bonds. The fourth-order valence-corrected chi connectivity index (χ4v) is 5.50. The Morgan fingerprint density at radius 1 is 0.455 bits per heavy atom. The van der Waals surface area contributed by atoms with Gasteiger partial charge in [0.1, 0.15) is 0 Å². The molecule has 0 aliphatic heterocycles. The van der Waals surface area contributed by atoms with Gasteiger partial charge < -0.3 is 9.11 Å². The first-order chi connectivity index (χ1) is 15.0. The smallest absolute Gasteiger partial charge is 0.748 e. The van der Waals surface area contributed by atoms with E-state index >= 15 is 0 Å². The largest absolute Gasteiger partial charge is 2.00 e. The Bertz CT molecular complexity index is 554. The molecule has 6 nitrogen and oxygen atoms in total. The number of hydrogen-bond acceptors (Lipinski definition) is 6. The first-order valence-corrected chi connectivity index (χ1v) is 15.9. The summed E-state index contributed by atoms with van der Waals surface area (Å²) in [6, 6.07) is 0. The SMILES string of the molecule is CCCCCCCC(CCCC)S(=O)(=O)[O-].CCCCCCCC(CCCC)S(=O)(=O)[O-].[Ba+2]. The summed E-state index contributed by atoms with van der Waals surface area (Å²) in [6.07, 6.45) is 16.6. The molecular formula is C24H50BaO6S2. The molecule has 0 radical (unpaired) electrons. The van der Waals surface area contributed by atoms with E-state index in [4.69, 9.17) is 0 Å². The van der Waals surface area contributed by atoms with Crippen LogP contribution < -0.4 is 0 Å². The summed E-state index contributed by atoms with van der Waals surface area (Å²) in [5, 5.41) is -1.29. The van der Waals surface area contributed by atoms with Crippen molar-refractivity contribution in [3.8, 4) is 0 Å². The zero-order chi connectivity index (χ0) is 24.9. The second-order valence-corrected chi connectivity index (χ2v) is 12.2. The summed E-state index contributed by atoms with van der Waals surface area (Å²) >= 11 is 0. The van der Waals surface area contributed by atoms with Gasteiger partial charge in [0.05, 0.1) is 20.2 Å². The van der Waals surface area contributed by atoms with Gasteiger partial charge in [0, 0.05) is 10.5 Å². The molecule has 0 fully saturated rings. The summed E-state index contributed by atoms with van der Waals surface area (Å²) in [7, 11) is -8.16. The molecule has 2 unspecified atom stereocenters. The van der Waals surface area contributed by atoms with Crippen LogP contribution in [0.3, 0.4) is 0 Å². The van der Waals surface area contributed by atoms with Gasteiger partial charge in [-0.25, -0.2) is 16.8 Å². The third-order valence-electron chi connectivity index (χ3n) is 5.84. The third-order valence-corrected chi connectivity index (χ3v) is 8.41. The summed E-state index contributed by atoms with van der Waals surface area (Å²) in [5.74, 6) is 0. The third kappa shape index (κ3) is 26.3. The van der Waals surface area contributed by atoms with E-state index in [1.54, 1.807) is 0 Å². The van der Waals surface area contributed by atoms with Crippen LogP contribution in [-0.2, 0) is 20.2 Å². The van der Waals surface area contributed by atoms with Crippen LogP contribution in [0.25, 0.3) is 0 Å². The van der Waals surface area contributed by atoms with E-state index in [-0.39, 0.29) is 48.9 Å². The molecule has 2 atom stereocenters. The van der Waals surface area contributed by atoms with Gasteiger partial charge in [0.25, 0.3) is 0 Å². The first-order valence-electron chi connectivity index (χ1n) is 12.9. The van der Waals surface area contributed by atoms with E-state index in [0.29, 0.717) is 25.7 Å². The summed E-state index contributed by atoms with van der Waals surface area (Å²) in [5.41, 5.74) is 0. The molecule has 0 spiro atoms. The maximum absolute atomic E-state index is 11.0. The molecule has 33 heavy (non-hydrogen) atoms. The van der Waals surface area contributed by atoms with Crippen LogP contribution in [0.1, 0.15) is 143 Å². The average Bonchev–Trinajstić information content (AvgIpc) is 2.70. The summed E-state index contributed by atoms with van der Waals surface area (Å²) in [6.45, 7) is 8.31. The van der Waals surface area contributed by atoms with Gasteiger partial charge in [-0.3, -0.25) is 0 Å². The Morgan fingerprint density at radius 2 is 0.697 bits per heavy atom. The molecule has 0 aliphatic carbocycles. The molecule has 0 saturated heterocycles. The van der Waals surface area contributed by atoms with Crippen molar-refractivity contribution < 1.29 is 25.9 Å². The van der Waals surface area contributed by atoms with Crippen molar-refractivity contribution in [2.45, 2.75) is 154 Å². The van der Waals surface area contributed by atoms with E-state index in [1.807, 2.05) is 13.8 Å². The topological polar surface area (TPSA) is 114 Å². The summed E-state index contributed by atoms with van der Waals surface area (Å²) < 4.78 is 66.0. The minimum absolute atomic E-state index is 0. The van der Waals surface area contributed by atoms with Crippen molar-refractivity contribution in [1.29, 1.82) is 0 Å². The Hall–Kier alpha value is 1.39. The van der Waals surface area contributed by atoms with E-state index in [9.17, 15) is 25.9 Å². The molecule has 9 heteroatoms. The van der Waals surface area contributed by atoms with Gasteiger partial charge in [0.2, 0.25) is 0 Å². The van der Waals surface area contributed by atoms with Crippen LogP contribution in [0.4, 0.5) is 0 Å². The first kappa shape index (κ1) is 38.9. The minimum atomic E-state index is -4.08. The Morgan fingerprint density at radius 3 is 0.939 bits per heavy atom. The van der Waals surface area contributed by atoms with Gasteiger partial charge in [-0.05, 0) is 25.7 Å². The van der Waals surface area contributed by atoms with Crippen LogP contribution in [0.2, 0.25) is 0 Å². The molecule has 0 aromatic heterocycles. The van der Waals surface area contributed by atoms with Crippen molar-refractivity contribution in [3.05, 3.63) is 0 Å². The van der Waals surface area contributed by atoms with Gasteiger partial charge in [-0.2, -0.15) is 0 Å². The van der Waals surface area contributed by atoms with E-state index in [2.05, 4.69) is 13.8 Å². The van der Waals surface area contributed by atoms with Crippen LogP contribution in [0.15, 0.2) is 0 Å². The summed E-state index contributed by atoms with van der Waals surface area (Å²) in [4.78, 5) is 0.